The van der Waals surface area contributed by atoms with E-state index in [1.54, 1.807) is 0 Å². The molecule has 1 unspecified atom stereocenters. The summed E-state index contributed by atoms with van der Waals surface area (Å²) in [5.41, 5.74) is 2.88. The van der Waals surface area contributed by atoms with E-state index in [-0.39, 0.29) is 0 Å². The highest BCUT2D eigenvalue weighted by Crippen LogP contribution is 2.31. The van der Waals surface area contributed by atoms with Crippen LogP contribution in [0.15, 0.2) is 24.3 Å². The Labute approximate surface area is 79.2 Å². The van der Waals surface area contributed by atoms with Crippen LogP contribution in [0.3, 0.4) is 0 Å². The van der Waals surface area contributed by atoms with Gasteiger partial charge in [0.2, 0.25) is 6.54 Å². The first-order valence-corrected chi connectivity index (χ1v) is 4.83. The molecule has 0 saturated carbocycles. The van der Waals surface area contributed by atoms with E-state index in [1.807, 2.05) is 0 Å². The maximum atomic E-state index is 6.91. The zero-order chi connectivity index (χ0) is 9.10. The minimum atomic E-state index is 0.502. The Kier molecular flexibility index (Phi) is 2.31. The molecule has 66 valence electrons. The van der Waals surface area contributed by atoms with Gasteiger partial charge in [-0.3, -0.25) is 0 Å². The van der Waals surface area contributed by atoms with Crippen molar-refractivity contribution in [2.75, 3.05) is 6.54 Å². The van der Waals surface area contributed by atoms with E-state index in [1.165, 1.54) is 30.4 Å². The van der Waals surface area contributed by atoms with E-state index in [2.05, 4.69) is 29.1 Å². The fourth-order valence-corrected chi connectivity index (χ4v) is 2.15. The van der Waals surface area contributed by atoms with E-state index in [4.69, 9.17) is 6.57 Å². The van der Waals surface area contributed by atoms with Gasteiger partial charge in [0.25, 0.3) is 0 Å². The van der Waals surface area contributed by atoms with Crippen molar-refractivity contribution in [3.8, 4) is 0 Å². The minimum absolute atomic E-state index is 0.502. The lowest BCUT2D eigenvalue weighted by atomic mass is 9.83. The molecule has 0 saturated heterocycles. The van der Waals surface area contributed by atoms with Gasteiger partial charge >= 0.3 is 0 Å². The number of hydrogen-bond donors (Lipinski definition) is 0. The smallest absolute Gasteiger partial charge is 0.221 e. The van der Waals surface area contributed by atoms with E-state index < -0.39 is 0 Å². The Hall–Kier alpha value is -1.29. The molecule has 1 aromatic rings. The van der Waals surface area contributed by atoms with Gasteiger partial charge in [-0.1, -0.05) is 24.3 Å². The molecule has 0 aromatic heterocycles. The average molecular weight is 171 g/mol. The number of nitrogens with zero attached hydrogens (tertiary/aromatic N) is 1. The minimum Gasteiger partial charge on any atom is -0.316 e. The van der Waals surface area contributed by atoms with Crippen molar-refractivity contribution >= 4 is 0 Å². The van der Waals surface area contributed by atoms with Gasteiger partial charge in [0.15, 0.2) is 0 Å². The van der Waals surface area contributed by atoms with Gasteiger partial charge in [0.1, 0.15) is 0 Å². The van der Waals surface area contributed by atoms with Crippen LogP contribution in [0.1, 0.15) is 29.9 Å². The molecule has 1 aliphatic carbocycles. The number of rotatable bonds is 1. The highest BCUT2D eigenvalue weighted by Gasteiger charge is 2.21. The Morgan fingerprint density at radius 3 is 3.08 bits per heavy atom. The van der Waals surface area contributed by atoms with Gasteiger partial charge in [-0.05, 0) is 30.4 Å². The number of benzene rings is 1. The Morgan fingerprint density at radius 1 is 1.38 bits per heavy atom. The second kappa shape index (κ2) is 3.62. The van der Waals surface area contributed by atoms with Crippen molar-refractivity contribution in [1.82, 2.24) is 0 Å². The molecular weight excluding hydrogens is 158 g/mol. The van der Waals surface area contributed by atoms with Crippen molar-refractivity contribution < 1.29 is 0 Å². The van der Waals surface area contributed by atoms with Crippen molar-refractivity contribution in [3.05, 3.63) is 46.8 Å². The van der Waals surface area contributed by atoms with Gasteiger partial charge in [0.05, 0.1) is 5.92 Å². The first kappa shape index (κ1) is 8.31. The fraction of sp³-hybridized carbons (Fsp3) is 0.417. The Balaban J connectivity index is 2.32. The van der Waals surface area contributed by atoms with Crippen LogP contribution >= 0.6 is 0 Å². The predicted octanol–water partition coefficient (Wildman–Crippen LogP) is 3.03. The lowest BCUT2D eigenvalue weighted by molar-refractivity contribution is 0.580. The largest absolute Gasteiger partial charge is 0.316 e. The first-order valence-electron chi connectivity index (χ1n) is 4.83. The lowest BCUT2D eigenvalue weighted by Crippen LogP contribution is -2.11. The molecule has 13 heavy (non-hydrogen) atoms. The maximum Gasteiger partial charge on any atom is 0.221 e. The molecule has 0 bridgehead atoms. The van der Waals surface area contributed by atoms with Crippen LogP contribution in [-0.2, 0) is 6.42 Å². The molecule has 0 N–H and O–H groups in total. The summed E-state index contributed by atoms with van der Waals surface area (Å²) in [4.78, 5) is 3.51. The molecule has 1 aliphatic rings. The van der Waals surface area contributed by atoms with E-state index in [0.29, 0.717) is 12.5 Å². The molecule has 1 atom stereocenters. The molecule has 1 aromatic carbocycles. The fourth-order valence-electron chi connectivity index (χ4n) is 2.15. The SMILES string of the molecule is [C-]#[N+]CC1CCCc2ccccc21. The van der Waals surface area contributed by atoms with Crippen LogP contribution in [0.5, 0.6) is 0 Å². The van der Waals surface area contributed by atoms with Crippen molar-refractivity contribution in [3.63, 3.8) is 0 Å². The highest BCUT2D eigenvalue weighted by molar-refractivity contribution is 5.33. The number of hydrogen-bond acceptors (Lipinski definition) is 0. The zero-order valence-corrected chi connectivity index (χ0v) is 7.66. The first-order chi connectivity index (χ1) is 6.42. The summed E-state index contributed by atoms with van der Waals surface area (Å²) in [6, 6.07) is 8.57. The molecule has 0 heterocycles. The van der Waals surface area contributed by atoms with E-state index in [0.717, 1.165) is 0 Å². The molecule has 1 heteroatoms. The van der Waals surface area contributed by atoms with E-state index >= 15 is 0 Å². The predicted molar refractivity (Wildman–Crippen MR) is 53.6 cm³/mol. The summed E-state index contributed by atoms with van der Waals surface area (Å²) in [7, 11) is 0. The van der Waals surface area contributed by atoms with Gasteiger partial charge in [0, 0.05) is 0 Å². The molecule has 0 amide bonds. The summed E-state index contributed by atoms with van der Waals surface area (Å²) in [5.74, 6) is 0.502. The zero-order valence-electron chi connectivity index (χ0n) is 7.66. The quantitative estimate of drug-likeness (QED) is 0.572. The second-order valence-corrected chi connectivity index (χ2v) is 3.63. The topological polar surface area (TPSA) is 4.36 Å². The van der Waals surface area contributed by atoms with Crippen LogP contribution in [-0.4, -0.2) is 6.54 Å². The third-order valence-electron chi connectivity index (χ3n) is 2.81. The summed E-state index contributed by atoms with van der Waals surface area (Å²) in [6.45, 7) is 7.57. The Bertz CT molecular complexity index is 335. The van der Waals surface area contributed by atoms with Crippen LogP contribution in [0, 0.1) is 6.57 Å². The lowest BCUT2D eigenvalue weighted by Gasteiger charge is -2.21. The maximum absolute atomic E-state index is 6.91. The van der Waals surface area contributed by atoms with Crippen LogP contribution in [0.25, 0.3) is 4.85 Å². The second-order valence-electron chi connectivity index (χ2n) is 3.63. The third kappa shape index (κ3) is 1.58. The van der Waals surface area contributed by atoms with Crippen LogP contribution in [0.4, 0.5) is 0 Å². The molecule has 2 rings (SSSR count). The third-order valence-corrected chi connectivity index (χ3v) is 2.81. The molecule has 0 aliphatic heterocycles. The van der Waals surface area contributed by atoms with Gasteiger partial charge in [-0.25, -0.2) is 6.57 Å². The number of aryl methyl sites for hydroxylation is 1. The van der Waals surface area contributed by atoms with Crippen molar-refractivity contribution in [1.29, 1.82) is 0 Å². The monoisotopic (exact) mass is 171 g/mol. The normalized spacial score (nSPS) is 20.4. The average Bonchev–Trinajstić information content (AvgIpc) is 2.19. The van der Waals surface area contributed by atoms with Gasteiger partial charge in [-0.2, -0.15) is 0 Å². The number of fused-ring (bicyclic) bond motifs is 1. The van der Waals surface area contributed by atoms with Crippen molar-refractivity contribution in [2.24, 2.45) is 0 Å². The van der Waals surface area contributed by atoms with Gasteiger partial charge in [-0.15, -0.1) is 0 Å². The van der Waals surface area contributed by atoms with Crippen LogP contribution in [0.2, 0.25) is 0 Å². The highest BCUT2D eigenvalue weighted by atomic mass is 14.6. The molecular formula is C12H13N. The molecule has 0 radical (unpaired) electrons. The standard InChI is InChI=1S/C12H13N/c1-13-9-11-7-4-6-10-5-2-3-8-12(10)11/h2-3,5,8,11H,4,6-7,9H2. The molecule has 1 nitrogen and oxygen atoms in total. The van der Waals surface area contributed by atoms with Crippen LogP contribution < -0.4 is 0 Å². The molecule has 0 fully saturated rings. The van der Waals surface area contributed by atoms with Crippen molar-refractivity contribution in [2.45, 2.75) is 25.2 Å². The Morgan fingerprint density at radius 2 is 2.23 bits per heavy atom. The summed E-state index contributed by atoms with van der Waals surface area (Å²) < 4.78 is 0. The summed E-state index contributed by atoms with van der Waals surface area (Å²) in [5, 5.41) is 0. The van der Waals surface area contributed by atoms with E-state index in [9.17, 15) is 0 Å². The molecule has 0 spiro atoms. The summed E-state index contributed by atoms with van der Waals surface area (Å²) in [6.07, 6.45) is 3.64. The summed E-state index contributed by atoms with van der Waals surface area (Å²) >= 11 is 0. The van der Waals surface area contributed by atoms with Gasteiger partial charge < -0.3 is 4.85 Å².